The van der Waals surface area contributed by atoms with Gasteiger partial charge in [0, 0.05) is 24.7 Å². The van der Waals surface area contributed by atoms with Crippen molar-refractivity contribution in [2.45, 2.75) is 83.8 Å². The minimum atomic E-state index is 0.552. The molecule has 0 aromatic rings. The number of nitrogens with one attached hydrogen (secondary N) is 1. The van der Waals surface area contributed by atoms with E-state index in [0.717, 1.165) is 24.0 Å². The van der Waals surface area contributed by atoms with Crippen LogP contribution in [0, 0.1) is 11.3 Å². The van der Waals surface area contributed by atoms with Gasteiger partial charge in [-0.3, -0.25) is 4.90 Å². The summed E-state index contributed by atoms with van der Waals surface area (Å²) in [6, 6.07) is 2.49. The number of piperidine rings is 1. The van der Waals surface area contributed by atoms with Crippen LogP contribution in [-0.2, 0) is 0 Å². The van der Waals surface area contributed by atoms with Crippen molar-refractivity contribution in [3.8, 4) is 0 Å². The molecule has 2 aliphatic carbocycles. The molecule has 2 nitrogen and oxygen atoms in total. The van der Waals surface area contributed by atoms with Crippen LogP contribution in [0.2, 0.25) is 0 Å². The zero-order chi connectivity index (χ0) is 13.5. The monoisotopic (exact) mass is 264 g/mol. The summed E-state index contributed by atoms with van der Waals surface area (Å²) < 4.78 is 0. The van der Waals surface area contributed by atoms with E-state index in [1.165, 1.54) is 58.0 Å². The van der Waals surface area contributed by atoms with Crippen molar-refractivity contribution in [2.75, 3.05) is 13.1 Å². The molecule has 1 aliphatic heterocycles. The topological polar surface area (TPSA) is 15.3 Å². The van der Waals surface area contributed by atoms with Gasteiger partial charge in [-0.15, -0.1) is 0 Å². The van der Waals surface area contributed by atoms with Crippen molar-refractivity contribution in [3.05, 3.63) is 0 Å². The summed E-state index contributed by atoms with van der Waals surface area (Å²) in [5.41, 5.74) is 0.552. The minimum absolute atomic E-state index is 0.552. The van der Waals surface area contributed by atoms with Crippen LogP contribution in [0.15, 0.2) is 0 Å². The van der Waals surface area contributed by atoms with Gasteiger partial charge in [0.2, 0.25) is 0 Å². The normalized spacial score (nSPS) is 41.8. The van der Waals surface area contributed by atoms with Gasteiger partial charge >= 0.3 is 0 Å². The van der Waals surface area contributed by atoms with E-state index >= 15 is 0 Å². The second-order valence-corrected chi connectivity index (χ2v) is 8.06. The molecular weight excluding hydrogens is 232 g/mol. The Labute approximate surface area is 119 Å². The number of likely N-dealkylation sites (tertiary alicyclic amines) is 1. The lowest BCUT2D eigenvalue weighted by Gasteiger charge is -2.47. The van der Waals surface area contributed by atoms with Crippen LogP contribution in [0.1, 0.15) is 65.7 Å². The van der Waals surface area contributed by atoms with Gasteiger partial charge in [0.15, 0.2) is 0 Å². The molecule has 0 aromatic heterocycles. The van der Waals surface area contributed by atoms with Crippen molar-refractivity contribution >= 4 is 0 Å². The van der Waals surface area contributed by atoms with Crippen molar-refractivity contribution in [3.63, 3.8) is 0 Å². The van der Waals surface area contributed by atoms with Crippen LogP contribution in [0.3, 0.4) is 0 Å². The smallest absolute Gasteiger partial charge is 0.0257 e. The highest BCUT2D eigenvalue weighted by atomic mass is 15.2. The Morgan fingerprint density at radius 1 is 1.21 bits per heavy atom. The van der Waals surface area contributed by atoms with Gasteiger partial charge in [-0.2, -0.15) is 0 Å². The lowest BCUT2D eigenvalue weighted by atomic mass is 9.72. The molecule has 0 aromatic carbocycles. The SMILES string of the molecule is CCCNC1CCC(C)(C)CC1N1CC2CCC1C2. The largest absolute Gasteiger partial charge is 0.312 e. The molecule has 4 unspecified atom stereocenters. The van der Waals surface area contributed by atoms with Crippen LogP contribution in [0.5, 0.6) is 0 Å². The molecular formula is C17H32N2. The third-order valence-electron chi connectivity index (χ3n) is 5.89. The summed E-state index contributed by atoms with van der Waals surface area (Å²) in [5.74, 6) is 1.03. The first kappa shape index (κ1) is 13.9. The average molecular weight is 264 g/mol. The van der Waals surface area contributed by atoms with E-state index in [0.29, 0.717) is 5.41 Å². The molecule has 0 spiro atoms. The maximum absolute atomic E-state index is 3.85. The van der Waals surface area contributed by atoms with Crippen molar-refractivity contribution in [2.24, 2.45) is 11.3 Å². The van der Waals surface area contributed by atoms with Gasteiger partial charge in [-0.05, 0) is 62.8 Å². The van der Waals surface area contributed by atoms with Crippen molar-refractivity contribution in [1.82, 2.24) is 10.2 Å². The average Bonchev–Trinajstić information content (AvgIpc) is 2.98. The molecule has 19 heavy (non-hydrogen) atoms. The molecule has 4 atom stereocenters. The zero-order valence-electron chi connectivity index (χ0n) is 13.1. The highest BCUT2D eigenvalue weighted by Crippen LogP contribution is 2.44. The Bertz CT molecular complexity index is 312. The highest BCUT2D eigenvalue weighted by molar-refractivity contribution is 5.02. The first-order chi connectivity index (χ1) is 9.09. The van der Waals surface area contributed by atoms with E-state index in [9.17, 15) is 0 Å². The van der Waals surface area contributed by atoms with E-state index in [-0.39, 0.29) is 0 Å². The van der Waals surface area contributed by atoms with E-state index < -0.39 is 0 Å². The molecule has 2 bridgehead atoms. The minimum Gasteiger partial charge on any atom is -0.312 e. The summed E-state index contributed by atoms with van der Waals surface area (Å²) in [6.45, 7) is 9.83. The summed E-state index contributed by atoms with van der Waals surface area (Å²) in [7, 11) is 0. The van der Waals surface area contributed by atoms with Crippen LogP contribution in [0.4, 0.5) is 0 Å². The summed E-state index contributed by atoms with van der Waals surface area (Å²) in [5, 5.41) is 3.85. The van der Waals surface area contributed by atoms with Crippen LogP contribution >= 0.6 is 0 Å². The predicted octanol–water partition coefficient (Wildman–Crippen LogP) is 3.42. The van der Waals surface area contributed by atoms with Crippen LogP contribution in [-0.4, -0.2) is 36.1 Å². The molecule has 1 heterocycles. The fourth-order valence-electron chi connectivity index (χ4n) is 4.83. The summed E-state index contributed by atoms with van der Waals surface area (Å²) >= 11 is 0. The Kier molecular flexibility index (Phi) is 3.92. The molecule has 3 fully saturated rings. The summed E-state index contributed by atoms with van der Waals surface area (Å²) in [4.78, 5) is 2.91. The first-order valence-corrected chi connectivity index (χ1v) is 8.58. The molecule has 0 amide bonds. The van der Waals surface area contributed by atoms with Gasteiger partial charge in [0.25, 0.3) is 0 Å². The van der Waals surface area contributed by atoms with Gasteiger partial charge in [-0.1, -0.05) is 20.8 Å². The molecule has 3 aliphatic rings. The van der Waals surface area contributed by atoms with Gasteiger partial charge < -0.3 is 5.32 Å². The van der Waals surface area contributed by atoms with Crippen molar-refractivity contribution < 1.29 is 0 Å². The Morgan fingerprint density at radius 3 is 2.68 bits per heavy atom. The van der Waals surface area contributed by atoms with Gasteiger partial charge in [0.05, 0.1) is 0 Å². The number of hydrogen-bond donors (Lipinski definition) is 1. The fraction of sp³-hybridized carbons (Fsp3) is 1.00. The quantitative estimate of drug-likeness (QED) is 0.837. The predicted molar refractivity (Wildman–Crippen MR) is 81.3 cm³/mol. The highest BCUT2D eigenvalue weighted by Gasteiger charge is 2.46. The second-order valence-electron chi connectivity index (χ2n) is 8.06. The zero-order valence-corrected chi connectivity index (χ0v) is 13.1. The maximum Gasteiger partial charge on any atom is 0.0257 e. The van der Waals surface area contributed by atoms with Crippen LogP contribution < -0.4 is 5.32 Å². The van der Waals surface area contributed by atoms with E-state index in [1.807, 2.05) is 0 Å². The van der Waals surface area contributed by atoms with Crippen LogP contribution in [0.25, 0.3) is 0 Å². The Morgan fingerprint density at radius 2 is 2.05 bits per heavy atom. The third-order valence-corrected chi connectivity index (χ3v) is 5.89. The number of hydrogen-bond acceptors (Lipinski definition) is 2. The molecule has 1 N–H and O–H groups in total. The van der Waals surface area contributed by atoms with E-state index in [1.54, 1.807) is 0 Å². The molecule has 0 radical (unpaired) electrons. The Balaban J connectivity index is 1.69. The standard InChI is InChI=1S/C17H32N2/c1-4-9-18-15-7-8-17(2,3)11-16(15)19-12-13-5-6-14(19)10-13/h13-16,18H,4-12H2,1-3H3. The second kappa shape index (κ2) is 5.37. The lowest BCUT2D eigenvalue weighted by Crippen LogP contribution is -2.56. The third kappa shape index (κ3) is 2.85. The number of fused-ring (bicyclic) bond motifs is 2. The first-order valence-electron chi connectivity index (χ1n) is 8.58. The van der Waals surface area contributed by atoms with Gasteiger partial charge in [-0.25, -0.2) is 0 Å². The fourth-order valence-corrected chi connectivity index (χ4v) is 4.83. The van der Waals surface area contributed by atoms with Gasteiger partial charge in [0.1, 0.15) is 0 Å². The number of nitrogens with zero attached hydrogens (tertiary/aromatic N) is 1. The van der Waals surface area contributed by atoms with E-state index in [4.69, 9.17) is 0 Å². The number of rotatable bonds is 4. The molecule has 1 saturated heterocycles. The lowest BCUT2D eigenvalue weighted by molar-refractivity contribution is 0.0446. The Hall–Kier alpha value is -0.0800. The molecule has 2 heteroatoms. The molecule has 110 valence electrons. The maximum atomic E-state index is 3.85. The summed E-state index contributed by atoms with van der Waals surface area (Å²) in [6.07, 6.45) is 9.92. The molecule has 2 saturated carbocycles. The molecule has 3 rings (SSSR count). The van der Waals surface area contributed by atoms with Crippen molar-refractivity contribution in [1.29, 1.82) is 0 Å². The van der Waals surface area contributed by atoms with E-state index in [2.05, 4.69) is 31.0 Å².